The van der Waals surface area contributed by atoms with Crippen molar-refractivity contribution >= 4 is 10.0 Å². The molecule has 130 valence electrons. The van der Waals surface area contributed by atoms with Gasteiger partial charge >= 0.3 is 0 Å². The second-order valence-corrected chi connectivity index (χ2v) is 7.42. The van der Waals surface area contributed by atoms with E-state index in [0.717, 1.165) is 4.31 Å². The van der Waals surface area contributed by atoms with Gasteiger partial charge in [-0.15, -0.1) is 0 Å². The fraction of sp³-hybridized carbons (Fsp3) is 0.333. The lowest BCUT2D eigenvalue weighted by atomic mass is 10.3. The fourth-order valence-electron chi connectivity index (χ4n) is 2.51. The van der Waals surface area contributed by atoms with Gasteiger partial charge in [0, 0.05) is 12.6 Å². The average Bonchev–Trinajstić information content (AvgIpc) is 3.24. The van der Waals surface area contributed by atoms with E-state index in [2.05, 4.69) is 0 Å². The molecule has 1 aromatic rings. The van der Waals surface area contributed by atoms with Gasteiger partial charge in [-0.25, -0.2) is 30.4 Å². The number of allylic oxidation sites excluding steroid dienone is 2. The van der Waals surface area contributed by atoms with Crippen molar-refractivity contribution in [2.45, 2.75) is 30.2 Å². The Labute approximate surface area is 135 Å². The summed E-state index contributed by atoms with van der Waals surface area (Å²) in [5.41, 5.74) is 0.606. The highest BCUT2D eigenvalue weighted by Gasteiger charge is 2.43. The van der Waals surface area contributed by atoms with E-state index in [1.807, 2.05) is 0 Å². The Hall–Kier alpha value is -1.74. The van der Waals surface area contributed by atoms with Gasteiger partial charge in [0.15, 0.2) is 28.2 Å². The van der Waals surface area contributed by atoms with Crippen LogP contribution in [0.3, 0.4) is 0 Å². The monoisotopic (exact) mass is 365 g/mol. The predicted molar refractivity (Wildman–Crippen MR) is 75.0 cm³/mol. The highest BCUT2D eigenvalue weighted by atomic mass is 32.2. The summed E-state index contributed by atoms with van der Waals surface area (Å²) in [6, 6.07) is -0.514. The van der Waals surface area contributed by atoms with Crippen LogP contribution in [0.5, 0.6) is 0 Å². The van der Waals surface area contributed by atoms with E-state index in [9.17, 15) is 30.4 Å². The summed E-state index contributed by atoms with van der Waals surface area (Å²) >= 11 is 0. The SMILES string of the molecule is O=S(=O)(c1c(F)c(F)c(F)c(F)c1F)N(CC1=CCC=C1)C1CC1. The lowest BCUT2D eigenvalue weighted by Crippen LogP contribution is -2.36. The summed E-state index contributed by atoms with van der Waals surface area (Å²) in [7, 11) is -4.89. The molecular weight excluding hydrogens is 353 g/mol. The molecule has 0 heterocycles. The van der Waals surface area contributed by atoms with Gasteiger partial charge in [0.25, 0.3) is 0 Å². The Morgan fingerprint density at radius 3 is 1.96 bits per heavy atom. The molecule has 0 aromatic heterocycles. The molecule has 0 bridgehead atoms. The summed E-state index contributed by atoms with van der Waals surface area (Å²) < 4.78 is 93.6. The van der Waals surface area contributed by atoms with Gasteiger partial charge in [-0.05, 0) is 24.8 Å². The first kappa shape index (κ1) is 17.1. The van der Waals surface area contributed by atoms with Crippen LogP contribution in [0, 0.1) is 29.1 Å². The van der Waals surface area contributed by atoms with E-state index >= 15 is 0 Å². The number of hydrogen-bond donors (Lipinski definition) is 0. The Kier molecular flexibility index (Phi) is 4.25. The molecule has 1 saturated carbocycles. The first-order chi connectivity index (χ1) is 11.2. The number of nitrogens with zero attached hydrogens (tertiary/aromatic N) is 1. The largest absolute Gasteiger partial charge is 0.249 e. The van der Waals surface area contributed by atoms with Crippen molar-refractivity contribution in [1.29, 1.82) is 0 Å². The maximum Gasteiger partial charge on any atom is 0.249 e. The van der Waals surface area contributed by atoms with Crippen molar-refractivity contribution in [3.05, 3.63) is 52.9 Å². The van der Waals surface area contributed by atoms with Crippen LogP contribution < -0.4 is 0 Å². The van der Waals surface area contributed by atoms with E-state index in [1.165, 1.54) is 0 Å². The second-order valence-electron chi connectivity index (χ2n) is 5.60. The molecule has 3 nitrogen and oxygen atoms in total. The number of halogens is 5. The van der Waals surface area contributed by atoms with Crippen LogP contribution in [0.25, 0.3) is 0 Å². The van der Waals surface area contributed by atoms with Crippen molar-refractivity contribution in [2.75, 3.05) is 6.54 Å². The third kappa shape index (κ3) is 2.75. The highest BCUT2D eigenvalue weighted by molar-refractivity contribution is 7.89. The van der Waals surface area contributed by atoms with Crippen LogP contribution in [0.1, 0.15) is 19.3 Å². The topological polar surface area (TPSA) is 37.4 Å². The molecular formula is C15H12F5NO2S. The molecule has 2 aliphatic carbocycles. The smallest absolute Gasteiger partial charge is 0.207 e. The van der Waals surface area contributed by atoms with Crippen molar-refractivity contribution in [2.24, 2.45) is 0 Å². The van der Waals surface area contributed by atoms with Gasteiger partial charge in [0.1, 0.15) is 0 Å². The van der Waals surface area contributed by atoms with E-state index in [1.54, 1.807) is 18.2 Å². The van der Waals surface area contributed by atoms with Gasteiger partial charge in [0.2, 0.25) is 15.8 Å². The van der Waals surface area contributed by atoms with E-state index < -0.39 is 50.0 Å². The molecule has 0 unspecified atom stereocenters. The number of rotatable bonds is 5. The minimum atomic E-state index is -4.89. The summed E-state index contributed by atoms with van der Waals surface area (Å²) in [4.78, 5) is -1.80. The highest BCUT2D eigenvalue weighted by Crippen LogP contribution is 2.36. The third-order valence-corrected chi connectivity index (χ3v) is 5.80. The van der Waals surface area contributed by atoms with Crippen molar-refractivity contribution < 1.29 is 30.4 Å². The zero-order valence-electron chi connectivity index (χ0n) is 12.2. The number of sulfonamides is 1. The summed E-state index contributed by atoms with van der Waals surface area (Å²) in [6.45, 7) is -0.178. The second kappa shape index (κ2) is 5.96. The molecule has 9 heteroatoms. The molecule has 0 spiro atoms. The zero-order valence-corrected chi connectivity index (χ0v) is 13.0. The van der Waals surface area contributed by atoms with E-state index in [-0.39, 0.29) is 6.54 Å². The normalized spacial score (nSPS) is 17.7. The van der Waals surface area contributed by atoms with Gasteiger partial charge < -0.3 is 0 Å². The molecule has 0 aliphatic heterocycles. The molecule has 0 N–H and O–H groups in total. The minimum absolute atomic E-state index is 0.178. The Morgan fingerprint density at radius 2 is 1.50 bits per heavy atom. The first-order valence-electron chi connectivity index (χ1n) is 7.14. The molecule has 0 amide bonds. The summed E-state index contributed by atoms with van der Waals surface area (Å²) in [5.74, 6) is -11.6. The van der Waals surface area contributed by atoms with Gasteiger partial charge in [0.05, 0.1) is 0 Å². The van der Waals surface area contributed by atoms with Gasteiger partial charge in [-0.3, -0.25) is 0 Å². The molecule has 2 aliphatic rings. The third-order valence-electron chi connectivity index (χ3n) is 3.88. The molecule has 0 radical (unpaired) electrons. The van der Waals surface area contributed by atoms with Crippen molar-refractivity contribution in [1.82, 2.24) is 4.31 Å². The molecule has 0 atom stereocenters. The van der Waals surface area contributed by atoms with Crippen LogP contribution in [-0.2, 0) is 10.0 Å². The number of benzene rings is 1. The molecule has 0 saturated heterocycles. The molecule has 1 aromatic carbocycles. The van der Waals surface area contributed by atoms with Gasteiger partial charge in [-0.1, -0.05) is 18.2 Å². The van der Waals surface area contributed by atoms with Crippen molar-refractivity contribution in [3.8, 4) is 0 Å². The Bertz CT molecular complexity index is 830. The van der Waals surface area contributed by atoms with Crippen LogP contribution >= 0.6 is 0 Å². The average molecular weight is 365 g/mol. The number of hydrogen-bond acceptors (Lipinski definition) is 2. The van der Waals surface area contributed by atoms with Crippen LogP contribution in [0.2, 0.25) is 0 Å². The first-order valence-corrected chi connectivity index (χ1v) is 8.58. The Balaban J connectivity index is 2.10. The van der Waals surface area contributed by atoms with E-state index in [0.29, 0.717) is 24.8 Å². The van der Waals surface area contributed by atoms with Crippen LogP contribution in [0.15, 0.2) is 28.7 Å². The minimum Gasteiger partial charge on any atom is -0.207 e. The van der Waals surface area contributed by atoms with Crippen LogP contribution in [0.4, 0.5) is 22.0 Å². The summed E-state index contributed by atoms with van der Waals surface area (Å²) in [5, 5.41) is 0. The fourth-order valence-corrected chi connectivity index (χ4v) is 4.29. The zero-order chi connectivity index (χ0) is 17.6. The predicted octanol–water partition coefficient (Wildman–Crippen LogP) is 3.42. The lowest BCUT2D eigenvalue weighted by molar-refractivity contribution is 0.350. The lowest BCUT2D eigenvalue weighted by Gasteiger charge is -2.23. The quantitative estimate of drug-likeness (QED) is 0.456. The molecule has 3 rings (SSSR count). The molecule has 1 fully saturated rings. The standard InChI is InChI=1S/C15H12F5NO2S/c16-10-11(17)13(19)15(14(20)12(10)18)24(22,23)21(9-5-6-9)7-8-3-1-2-4-8/h1,3-4,9H,2,5-7H2. The van der Waals surface area contributed by atoms with Gasteiger partial charge in [-0.2, -0.15) is 4.31 Å². The maximum absolute atomic E-state index is 13.9. The molecule has 24 heavy (non-hydrogen) atoms. The van der Waals surface area contributed by atoms with Crippen molar-refractivity contribution in [3.63, 3.8) is 0 Å². The summed E-state index contributed by atoms with van der Waals surface area (Å²) in [6.07, 6.45) is 6.67. The maximum atomic E-state index is 13.9. The Morgan fingerprint density at radius 1 is 0.958 bits per heavy atom. The van der Waals surface area contributed by atoms with E-state index in [4.69, 9.17) is 0 Å². The van der Waals surface area contributed by atoms with Crippen LogP contribution in [-0.4, -0.2) is 25.3 Å².